The Labute approximate surface area is 165 Å². The molecule has 6 rings (SSSR count). The Balaban J connectivity index is 1.26. The molecule has 4 bridgehead atoms. The molecule has 2 aromatic heterocycles. The monoisotopic (exact) mass is 409 g/mol. The van der Waals surface area contributed by atoms with Crippen molar-refractivity contribution in [2.45, 2.75) is 56.8 Å². The Bertz CT molecular complexity index is 865. The minimum Gasteiger partial charge on any atom is -0.346 e. The lowest BCUT2D eigenvalue weighted by Crippen LogP contribution is -2.59. The molecule has 4 nitrogen and oxygen atoms in total. The molecule has 4 aliphatic rings. The number of thiophene rings is 1. The highest BCUT2D eigenvalue weighted by Gasteiger charge is 2.51. The molecule has 0 unspecified atom stereocenters. The number of halogens is 3. The maximum atomic E-state index is 12.9. The molecule has 1 N–H and O–H groups in total. The maximum Gasteiger partial charge on any atom is 0.435 e. The summed E-state index contributed by atoms with van der Waals surface area (Å²) in [5, 5.41) is 8.74. The Morgan fingerprint density at radius 3 is 2.43 bits per heavy atom. The largest absolute Gasteiger partial charge is 0.435 e. The van der Waals surface area contributed by atoms with E-state index in [-0.39, 0.29) is 18.0 Å². The molecular formula is C20H22F3N3OS. The first-order valence-corrected chi connectivity index (χ1v) is 10.7. The predicted octanol–water partition coefficient (Wildman–Crippen LogP) is 4.71. The lowest BCUT2D eigenvalue weighted by atomic mass is 9.53. The van der Waals surface area contributed by atoms with Crippen LogP contribution in [-0.2, 0) is 12.7 Å². The van der Waals surface area contributed by atoms with Crippen molar-refractivity contribution in [1.82, 2.24) is 15.1 Å². The smallest absolute Gasteiger partial charge is 0.346 e. The van der Waals surface area contributed by atoms with Crippen molar-refractivity contribution in [2.75, 3.05) is 0 Å². The van der Waals surface area contributed by atoms with Gasteiger partial charge in [-0.2, -0.15) is 18.3 Å². The number of nitrogens with zero attached hydrogens (tertiary/aromatic N) is 2. The second-order valence-corrected chi connectivity index (χ2v) is 9.78. The average molecular weight is 409 g/mol. The lowest BCUT2D eigenvalue weighted by Gasteiger charge is -2.56. The second-order valence-electron chi connectivity index (χ2n) is 8.87. The predicted molar refractivity (Wildman–Crippen MR) is 99.0 cm³/mol. The van der Waals surface area contributed by atoms with E-state index in [1.54, 1.807) is 6.07 Å². The molecule has 0 spiro atoms. The highest BCUT2D eigenvalue weighted by Crippen LogP contribution is 2.55. The summed E-state index contributed by atoms with van der Waals surface area (Å²) in [4.78, 5) is 13.5. The number of carbonyl (C=O) groups excluding carboxylic acids is 1. The van der Waals surface area contributed by atoms with Crippen LogP contribution < -0.4 is 5.32 Å². The van der Waals surface area contributed by atoms with Gasteiger partial charge in [-0.1, -0.05) is 0 Å². The van der Waals surface area contributed by atoms with Crippen molar-refractivity contribution >= 4 is 17.2 Å². The third-order valence-electron chi connectivity index (χ3n) is 6.57. The highest BCUT2D eigenvalue weighted by atomic mass is 32.1. The van der Waals surface area contributed by atoms with Crippen LogP contribution in [0.4, 0.5) is 13.2 Å². The molecule has 150 valence electrons. The van der Waals surface area contributed by atoms with Crippen molar-refractivity contribution in [3.8, 4) is 0 Å². The van der Waals surface area contributed by atoms with E-state index in [4.69, 9.17) is 0 Å². The first-order valence-electron chi connectivity index (χ1n) is 9.79. The van der Waals surface area contributed by atoms with Gasteiger partial charge in [0.15, 0.2) is 5.69 Å². The molecule has 1 amide bonds. The summed E-state index contributed by atoms with van der Waals surface area (Å²) in [5.41, 5.74) is -0.153. The number of rotatable bonds is 4. The molecule has 8 heteroatoms. The normalized spacial score (nSPS) is 31.3. The van der Waals surface area contributed by atoms with E-state index in [0.29, 0.717) is 4.88 Å². The average Bonchev–Trinajstić information content (AvgIpc) is 3.22. The zero-order valence-electron chi connectivity index (χ0n) is 15.3. The Morgan fingerprint density at radius 1 is 1.21 bits per heavy atom. The summed E-state index contributed by atoms with van der Waals surface area (Å²) >= 11 is 1.34. The van der Waals surface area contributed by atoms with Gasteiger partial charge in [-0.15, -0.1) is 11.3 Å². The number of amides is 1. The molecule has 28 heavy (non-hydrogen) atoms. The molecule has 0 aromatic carbocycles. The molecule has 4 saturated carbocycles. The number of carbonyl (C=O) groups is 1. The topological polar surface area (TPSA) is 46.9 Å². The standard InChI is InChI=1S/C20H22F3N3OS/c21-20(22,23)17-1-2-26(25-17)10-15-6-16(28-11-15)18(27)24-19-7-12-3-13(8-19)5-14(4-12)9-19/h1-2,6,11-14H,3-5,7-10H2,(H,24,27). The summed E-state index contributed by atoms with van der Waals surface area (Å²) in [6.07, 6.45) is 4.12. The number of aromatic nitrogens is 2. The van der Waals surface area contributed by atoms with Gasteiger partial charge < -0.3 is 5.32 Å². The fourth-order valence-corrected chi connectivity index (χ4v) is 6.73. The molecule has 2 heterocycles. The number of hydrogen-bond donors (Lipinski definition) is 1. The quantitative estimate of drug-likeness (QED) is 0.795. The molecule has 0 atom stereocenters. The van der Waals surface area contributed by atoms with Crippen LogP contribution in [0.2, 0.25) is 0 Å². The van der Waals surface area contributed by atoms with E-state index >= 15 is 0 Å². The van der Waals surface area contributed by atoms with Gasteiger partial charge >= 0.3 is 6.18 Å². The van der Waals surface area contributed by atoms with E-state index in [0.717, 1.165) is 48.6 Å². The van der Waals surface area contributed by atoms with Crippen LogP contribution in [0.3, 0.4) is 0 Å². The Morgan fingerprint density at radius 2 is 1.86 bits per heavy atom. The van der Waals surface area contributed by atoms with Gasteiger partial charge in [0.2, 0.25) is 0 Å². The summed E-state index contributed by atoms with van der Waals surface area (Å²) < 4.78 is 39.3. The highest BCUT2D eigenvalue weighted by molar-refractivity contribution is 7.12. The lowest BCUT2D eigenvalue weighted by molar-refractivity contribution is -0.141. The number of alkyl halides is 3. The van der Waals surface area contributed by atoms with Gasteiger partial charge in [-0.3, -0.25) is 9.48 Å². The SMILES string of the molecule is O=C(NC12CC3CC(CC(C3)C1)C2)c1cc(Cn2ccc(C(F)(F)F)n2)cs1. The summed E-state index contributed by atoms with van der Waals surface area (Å²) in [5.74, 6) is 2.23. The van der Waals surface area contributed by atoms with Gasteiger partial charge in [-0.05, 0) is 79.4 Å². The zero-order valence-corrected chi connectivity index (χ0v) is 16.2. The van der Waals surface area contributed by atoms with Gasteiger partial charge in [0.05, 0.1) is 11.4 Å². The number of nitrogens with one attached hydrogen (secondary N) is 1. The van der Waals surface area contributed by atoms with Gasteiger partial charge in [0, 0.05) is 11.7 Å². The van der Waals surface area contributed by atoms with Crippen LogP contribution in [0, 0.1) is 17.8 Å². The fraction of sp³-hybridized carbons (Fsp3) is 0.600. The fourth-order valence-electron chi connectivity index (χ4n) is 5.93. The van der Waals surface area contributed by atoms with Gasteiger partial charge in [0.25, 0.3) is 5.91 Å². The molecule has 0 aliphatic heterocycles. The minimum atomic E-state index is -4.44. The van der Waals surface area contributed by atoms with E-state index in [1.807, 2.05) is 5.38 Å². The van der Waals surface area contributed by atoms with Crippen LogP contribution >= 0.6 is 11.3 Å². The van der Waals surface area contributed by atoms with Crippen molar-refractivity contribution in [3.05, 3.63) is 39.8 Å². The molecule has 4 aliphatic carbocycles. The van der Waals surface area contributed by atoms with E-state index in [2.05, 4.69) is 10.4 Å². The van der Waals surface area contributed by atoms with Crippen LogP contribution in [-0.4, -0.2) is 21.2 Å². The second kappa shape index (κ2) is 6.34. The van der Waals surface area contributed by atoms with Gasteiger partial charge in [-0.25, -0.2) is 0 Å². The molecule has 2 aromatic rings. The minimum absolute atomic E-state index is 0.0421. The molecule has 0 radical (unpaired) electrons. The number of hydrogen-bond acceptors (Lipinski definition) is 3. The Hall–Kier alpha value is -1.83. The maximum absolute atomic E-state index is 12.9. The Kier molecular flexibility index (Phi) is 4.12. The molecule has 0 saturated heterocycles. The molecule has 4 fully saturated rings. The van der Waals surface area contributed by atoms with E-state index in [9.17, 15) is 18.0 Å². The third-order valence-corrected chi connectivity index (χ3v) is 7.55. The van der Waals surface area contributed by atoms with Crippen molar-refractivity contribution < 1.29 is 18.0 Å². The summed E-state index contributed by atoms with van der Waals surface area (Å²) in [6, 6.07) is 2.74. The summed E-state index contributed by atoms with van der Waals surface area (Å²) in [6.45, 7) is 0.219. The van der Waals surface area contributed by atoms with Crippen LogP contribution in [0.1, 0.15) is 59.5 Å². The van der Waals surface area contributed by atoms with E-state index in [1.165, 1.54) is 41.5 Å². The molecular weight excluding hydrogens is 387 g/mol. The van der Waals surface area contributed by atoms with E-state index < -0.39 is 11.9 Å². The summed E-state index contributed by atoms with van der Waals surface area (Å²) in [7, 11) is 0. The van der Waals surface area contributed by atoms with Crippen LogP contribution in [0.5, 0.6) is 0 Å². The van der Waals surface area contributed by atoms with Crippen molar-refractivity contribution in [3.63, 3.8) is 0 Å². The van der Waals surface area contributed by atoms with Crippen LogP contribution in [0.25, 0.3) is 0 Å². The van der Waals surface area contributed by atoms with Crippen molar-refractivity contribution in [2.24, 2.45) is 17.8 Å². The van der Waals surface area contributed by atoms with Gasteiger partial charge in [0.1, 0.15) is 0 Å². The first kappa shape index (κ1) is 18.2. The first-order chi connectivity index (χ1) is 13.3. The van der Waals surface area contributed by atoms with Crippen molar-refractivity contribution in [1.29, 1.82) is 0 Å². The third kappa shape index (κ3) is 3.36. The zero-order chi connectivity index (χ0) is 19.5. The van der Waals surface area contributed by atoms with Crippen LogP contribution in [0.15, 0.2) is 23.7 Å².